The third kappa shape index (κ3) is 3.53. The molecule has 0 fully saturated rings. The van der Waals surface area contributed by atoms with Gasteiger partial charge < -0.3 is 10.2 Å². The first-order valence-corrected chi connectivity index (χ1v) is 8.73. The fraction of sp³-hybridized carbons (Fsp3) is 0.227. The molecule has 2 N–H and O–H groups in total. The summed E-state index contributed by atoms with van der Waals surface area (Å²) in [4.78, 5) is 28.5. The van der Waals surface area contributed by atoms with Gasteiger partial charge in [0.25, 0.3) is 0 Å². The molecule has 0 saturated heterocycles. The Balaban J connectivity index is 2.28. The van der Waals surface area contributed by atoms with Gasteiger partial charge in [-0.1, -0.05) is 60.7 Å². The Morgan fingerprint density at radius 2 is 1.37 bits per heavy atom. The van der Waals surface area contributed by atoms with Crippen LogP contribution in [0, 0.1) is 11.8 Å². The number of allylic oxidation sites excluding steroid dienone is 1. The Bertz CT molecular complexity index is 876. The molecule has 27 heavy (non-hydrogen) atoms. The van der Waals surface area contributed by atoms with Crippen molar-refractivity contribution in [3.8, 4) is 0 Å². The fourth-order valence-electron chi connectivity index (χ4n) is 3.98. The van der Waals surface area contributed by atoms with Crippen molar-refractivity contribution in [2.24, 2.45) is 16.8 Å². The van der Waals surface area contributed by atoms with E-state index < -0.39 is 29.7 Å². The van der Waals surface area contributed by atoms with Crippen LogP contribution in [0.4, 0.5) is 0 Å². The lowest BCUT2D eigenvalue weighted by atomic mass is 9.68. The Morgan fingerprint density at radius 1 is 0.889 bits per heavy atom. The average Bonchev–Trinajstić information content (AvgIpc) is 2.62. The summed E-state index contributed by atoms with van der Waals surface area (Å²) in [6.45, 7) is 3.28. The number of nitrogens with zero attached hydrogens (tertiary/aromatic N) is 1. The zero-order valence-electron chi connectivity index (χ0n) is 15.2. The number of hydrogen-bond acceptors (Lipinski definition) is 3. The molecule has 1 aliphatic heterocycles. The van der Waals surface area contributed by atoms with E-state index in [1.165, 1.54) is 0 Å². The zero-order valence-corrected chi connectivity index (χ0v) is 15.2. The second kappa shape index (κ2) is 7.58. The van der Waals surface area contributed by atoms with Crippen molar-refractivity contribution in [3.63, 3.8) is 0 Å². The largest absolute Gasteiger partial charge is 0.481 e. The summed E-state index contributed by atoms with van der Waals surface area (Å²) in [7, 11) is 0. The topological polar surface area (TPSA) is 87.0 Å². The van der Waals surface area contributed by atoms with E-state index in [1.807, 2.05) is 60.7 Å². The van der Waals surface area contributed by atoms with Crippen LogP contribution in [0.1, 0.15) is 30.9 Å². The predicted molar refractivity (Wildman–Crippen MR) is 103 cm³/mol. The number of carboxylic acid groups (broad SMARTS) is 2. The minimum atomic E-state index is -1.13. The lowest BCUT2D eigenvalue weighted by Gasteiger charge is -2.36. The summed E-state index contributed by atoms with van der Waals surface area (Å²) >= 11 is 0. The van der Waals surface area contributed by atoms with E-state index in [2.05, 4.69) is 4.99 Å². The van der Waals surface area contributed by atoms with Crippen molar-refractivity contribution in [1.29, 1.82) is 0 Å². The van der Waals surface area contributed by atoms with Gasteiger partial charge in [0, 0.05) is 23.2 Å². The van der Waals surface area contributed by atoms with E-state index in [0.29, 0.717) is 11.4 Å². The van der Waals surface area contributed by atoms with Crippen LogP contribution in [-0.4, -0.2) is 27.9 Å². The summed E-state index contributed by atoms with van der Waals surface area (Å²) < 4.78 is 0. The molecular formula is C22H21NO4. The summed E-state index contributed by atoms with van der Waals surface area (Å²) in [5.41, 5.74) is 2.60. The summed E-state index contributed by atoms with van der Waals surface area (Å²) in [6.07, 6.45) is 0. The number of carboxylic acids is 2. The SMILES string of the molecule is CC1=NC(C)=C(C(=O)O)C(C(c2ccccc2)c2ccccc2)C1C(=O)O. The second-order valence-corrected chi connectivity index (χ2v) is 6.70. The predicted octanol–water partition coefficient (Wildman–Crippen LogP) is 3.97. The van der Waals surface area contributed by atoms with Gasteiger partial charge >= 0.3 is 11.9 Å². The normalized spacial score (nSPS) is 19.7. The first-order chi connectivity index (χ1) is 12.9. The standard InChI is InChI=1S/C22H21NO4/c1-13-17(21(24)25)20(18(22(26)27)14(2)23-13)19(15-9-5-3-6-10-15)16-11-7-4-8-12-16/h3-12,17,19-20H,1-2H3,(H,24,25)(H,26,27). The highest BCUT2D eigenvalue weighted by Gasteiger charge is 2.45. The van der Waals surface area contributed by atoms with E-state index in [4.69, 9.17) is 0 Å². The molecule has 0 bridgehead atoms. The molecule has 0 saturated carbocycles. The van der Waals surface area contributed by atoms with Crippen molar-refractivity contribution in [3.05, 3.63) is 83.1 Å². The number of benzene rings is 2. The molecule has 0 spiro atoms. The summed E-state index contributed by atoms with van der Waals surface area (Å²) in [5.74, 6) is -4.38. The fourth-order valence-corrected chi connectivity index (χ4v) is 3.98. The zero-order chi connectivity index (χ0) is 19.6. The van der Waals surface area contributed by atoms with Gasteiger partial charge in [-0.2, -0.15) is 0 Å². The molecule has 138 valence electrons. The minimum Gasteiger partial charge on any atom is -0.481 e. The lowest BCUT2D eigenvalue weighted by molar-refractivity contribution is -0.141. The van der Waals surface area contributed by atoms with Gasteiger partial charge in [-0.15, -0.1) is 0 Å². The maximum atomic E-state index is 12.1. The number of carbonyl (C=O) groups is 2. The first-order valence-electron chi connectivity index (χ1n) is 8.73. The Hall–Kier alpha value is -3.21. The number of aliphatic carboxylic acids is 2. The molecule has 1 aliphatic rings. The van der Waals surface area contributed by atoms with Crippen LogP contribution in [0.2, 0.25) is 0 Å². The first kappa shape index (κ1) is 18.6. The van der Waals surface area contributed by atoms with E-state index in [9.17, 15) is 19.8 Å². The molecule has 5 nitrogen and oxygen atoms in total. The molecule has 2 unspecified atom stereocenters. The Labute approximate surface area is 157 Å². The van der Waals surface area contributed by atoms with E-state index >= 15 is 0 Å². The molecule has 1 heterocycles. The van der Waals surface area contributed by atoms with Crippen molar-refractivity contribution in [2.45, 2.75) is 19.8 Å². The highest BCUT2D eigenvalue weighted by atomic mass is 16.4. The van der Waals surface area contributed by atoms with Crippen LogP contribution in [-0.2, 0) is 9.59 Å². The molecule has 5 heteroatoms. The highest BCUT2D eigenvalue weighted by molar-refractivity contribution is 6.05. The second-order valence-electron chi connectivity index (χ2n) is 6.70. The molecule has 0 radical (unpaired) electrons. The van der Waals surface area contributed by atoms with Gasteiger partial charge in [-0.3, -0.25) is 9.79 Å². The maximum absolute atomic E-state index is 12.1. The van der Waals surface area contributed by atoms with Gasteiger partial charge in [0.05, 0.1) is 5.57 Å². The van der Waals surface area contributed by atoms with Crippen LogP contribution >= 0.6 is 0 Å². The highest BCUT2D eigenvalue weighted by Crippen LogP contribution is 2.44. The number of rotatable bonds is 5. The van der Waals surface area contributed by atoms with Crippen LogP contribution in [0.3, 0.4) is 0 Å². The molecule has 0 amide bonds. The van der Waals surface area contributed by atoms with E-state index in [1.54, 1.807) is 13.8 Å². The summed E-state index contributed by atoms with van der Waals surface area (Å²) in [6, 6.07) is 18.9. The van der Waals surface area contributed by atoms with Crippen LogP contribution in [0.25, 0.3) is 0 Å². The van der Waals surface area contributed by atoms with Crippen molar-refractivity contribution in [2.75, 3.05) is 0 Å². The van der Waals surface area contributed by atoms with Crippen LogP contribution in [0.15, 0.2) is 76.9 Å². The number of aliphatic imine (C=N–C) groups is 1. The molecular weight excluding hydrogens is 342 g/mol. The third-order valence-electron chi connectivity index (χ3n) is 5.05. The lowest BCUT2D eigenvalue weighted by Crippen LogP contribution is -2.39. The minimum absolute atomic E-state index is 0.0608. The van der Waals surface area contributed by atoms with Crippen molar-refractivity contribution in [1.82, 2.24) is 0 Å². The smallest absolute Gasteiger partial charge is 0.333 e. The van der Waals surface area contributed by atoms with E-state index in [0.717, 1.165) is 11.1 Å². The molecule has 0 aliphatic carbocycles. The van der Waals surface area contributed by atoms with Gasteiger partial charge in [0.2, 0.25) is 0 Å². The molecule has 0 aromatic heterocycles. The Kier molecular flexibility index (Phi) is 5.21. The molecule has 3 rings (SSSR count). The molecule has 2 aromatic carbocycles. The third-order valence-corrected chi connectivity index (χ3v) is 5.05. The monoisotopic (exact) mass is 363 g/mol. The van der Waals surface area contributed by atoms with Gasteiger partial charge in [0.1, 0.15) is 5.92 Å². The van der Waals surface area contributed by atoms with E-state index in [-0.39, 0.29) is 5.57 Å². The van der Waals surface area contributed by atoms with Crippen molar-refractivity contribution >= 4 is 17.7 Å². The van der Waals surface area contributed by atoms with Crippen molar-refractivity contribution < 1.29 is 19.8 Å². The van der Waals surface area contributed by atoms with Crippen LogP contribution < -0.4 is 0 Å². The van der Waals surface area contributed by atoms with Gasteiger partial charge in [-0.05, 0) is 25.0 Å². The Morgan fingerprint density at radius 3 is 1.78 bits per heavy atom. The summed E-state index contributed by atoms with van der Waals surface area (Å²) in [5, 5.41) is 19.8. The quantitative estimate of drug-likeness (QED) is 0.841. The number of hydrogen-bond donors (Lipinski definition) is 2. The van der Waals surface area contributed by atoms with Crippen LogP contribution in [0.5, 0.6) is 0 Å². The average molecular weight is 363 g/mol. The van der Waals surface area contributed by atoms with Gasteiger partial charge in [0.15, 0.2) is 0 Å². The molecule has 2 atom stereocenters. The van der Waals surface area contributed by atoms with Gasteiger partial charge in [-0.25, -0.2) is 4.79 Å². The molecule has 2 aromatic rings. The maximum Gasteiger partial charge on any atom is 0.333 e.